The molecule has 2 saturated heterocycles. The first-order valence-corrected chi connectivity index (χ1v) is 13.5. The highest BCUT2D eigenvalue weighted by Crippen LogP contribution is 2.72. The van der Waals surface area contributed by atoms with Crippen LogP contribution >= 0.6 is 0 Å². The lowest BCUT2D eigenvalue weighted by atomic mass is 9.68. The topological polar surface area (TPSA) is 99.2 Å². The van der Waals surface area contributed by atoms with E-state index in [0.29, 0.717) is 25.4 Å². The molecule has 2 saturated carbocycles. The van der Waals surface area contributed by atoms with E-state index < -0.39 is 37.4 Å². The Hall–Kier alpha value is -0.260. The van der Waals surface area contributed by atoms with Crippen LogP contribution in [-0.2, 0) is 33.8 Å². The van der Waals surface area contributed by atoms with Crippen LogP contribution in [0.2, 0.25) is 0 Å². The first-order valence-electron chi connectivity index (χ1n) is 10.0. The average Bonchev–Trinajstić information content (AvgIpc) is 3.31. The van der Waals surface area contributed by atoms with E-state index in [2.05, 4.69) is 13.8 Å². The number of hydrogen-bond donors (Lipinski definition) is 0. The summed E-state index contributed by atoms with van der Waals surface area (Å²) in [5, 5.41) is 0. The van der Waals surface area contributed by atoms with Gasteiger partial charge in [0.15, 0.2) is 5.79 Å². The van der Waals surface area contributed by atoms with Gasteiger partial charge in [-0.1, -0.05) is 13.8 Å². The molecular weight excluding hydrogens is 406 g/mol. The molecule has 0 aromatic rings. The Bertz CT molecular complexity index is 834. The van der Waals surface area contributed by atoms with Crippen molar-refractivity contribution in [1.29, 1.82) is 0 Å². The maximum atomic E-state index is 13.2. The lowest BCUT2D eigenvalue weighted by Gasteiger charge is -2.47. The zero-order valence-corrected chi connectivity index (χ0v) is 18.5. The first-order chi connectivity index (χ1) is 12.9. The predicted octanol–water partition coefficient (Wildman–Crippen LogP) is 1.33. The molecule has 28 heavy (non-hydrogen) atoms. The van der Waals surface area contributed by atoms with Crippen molar-refractivity contribution in [3.8, 4) is 0 Å². The Labute approximate surface area is 168 Å². The molecule has 0 radical (unpaired) electrons. The summed E-state index contributed by atoms with van der Waals surface area (Å²) in [5.74, 6) is -0.656. The molecule has 2 aliphatic heterocycles. The summed E-state index contributed by atoms with van der Waals surface area (Å²) in [6, 6.07) is 0. The second kappa shape index (κ2) is 6.62. The van der Waals surface area contributed by atoms with Crippen molar-refractivity contribution in [1.82, 2.24) is 4.31 Å². The molecule has 2 aliphatic carbocycles. The van der Waals surface area contributed by atoms with Crippen LogP contribution in [0, 0.1) is 16.7 Å². The summed E-state index contributed by atoms with van der Waals surface area (Å²) >= 11 is 0. The molecule has 1 spiro atoms. The predicted molar refractivity (Wildman–Crippen MR) is 103 cm³/mol. The number of rotatable bonds is 6. The van der Waals surface area contributed by atoms with E-state index in [0.717, 1.165) is 31.9 Å². The van der Waals surface area contributed by atoms with E-state index in [1.807, 2.05) is 0 Å². The van der Waals surface area contributed by atoms with Gasteiger partial charge in [0.1, 0.15) is 6.10 Å². The summed E-state index contributed by atoms with van der Waals surface area (Å²) in [6.45, 7) is 5.53. The van der Waals surface area contributed by atoms with Crippen LogP contribution in [0.15, 0.2) is 0 Å². The molecular formula is C18H31NO7S2. The highest BCUT2D eigenvalue weighted by molar-refractivity contribution is 7.89. The second-order valence-electron chi connectivity index (χ2n) is 9.40. The number of ether oxygens (including phenoxy) is 2. The van der Waals surface area contributed by atoms with Gasteiger partial charge in [-0.15, -0.1) is 0 Å². The molecule has 0 N–H and O–H groups in total. The fraction of sp³-hybridized carbons (Fsp3) is 1.00. The normalized spacial score (nSPS) is 40.7. The lowest BCUT2D eigenvalue weighted by Crippen LogP contribution is -2.56. The minimum absolute atomic E-state index is 0.0170. The Balaban J connectivity index is 1.61. The maximum Gasteiger partial charge on any atom is 0.264 e. The van der Waals surface area contributed by atoms with Gasteiger partial charge in [0, 0.05) is 24.9 Å². The molecule has 0 aromatic heterocycles. The molecule has 4 aliphatic rings. The molecule has 0 aromatic carbocycles. The third-order valence-electron chi connectivity index (χ3n) is 7.63. The Morgan fingerprint density at radius 2 is 1.82 bits per heavy atom. The third kappa shape index (κ3) is 3.15. The van der Waals surface area contributed by atoms with Crippen molar-refractivity contribution in [2.24, 2.45) is 16.7 Å². The smallest absolute Gasteiger partial charge is 0.264 e. The van der Waals surface area contributed by atoms with Gasteiger partial charge in [0.05, 0.1) is 25.2 Å². The van der Waals surface area contributed by atoms with Crippen LogP contribution in [0.5, 0.6) is 0 Å². The van der Waals surface area contributed by atoms with Gasteiger partial charge in [0.25, 0.3) is 10.1 Å². The average molecular weight is 438 g/mol. The van der Waals surface area contributed by atoms with Crippen molar-refractivity contribution in [3.63, 3.8) is 0 Å². The maximum absolute atomic E-state index is 13.2. The van der Waals surface area contributed by atoms with Crippen LogP contribution in [0.3, 0.4) is 0 Å². The molecule has 4 atom stereocenters. The number of sulfonamides is 1. The summed E-state index contributed by atoms with van der Waals surface area (Å²) < 4.78 is 68.1. The quantitative estimate of drug-likeness (QED) is 0.578. The van der Waals surface area contributed by atoms with Crippen molar-refractivity contribution in [2.45, 2.75) is 57.8 Å². The summed E-state index contributed by atoms with van der Waals surface area (Å²) in [5.41, 5.74) is -0.891. The van der Waals surface area contributed by atoms with E-state index in [1.54, 1.807) is 4.31 Å². The van der Waals surface area contributed by atoms with Gasteiger partial charge < -0.3 is 9.47 Å². The van der Waals surface area contributed by atoms with Crippen molar-refractivity contribution in [2.75, 3.05) is 38.3 Å². The first kappa shape index (κ1) is 21.0. The summed E-state index contributed by atoms with van der Waals surface area (Å²) in [4.78, 5) is 0. The number of fused-ring (bicyclic) bond motifs is 3. The van der Waals surface area contributed by atoms with Gasteiger partial charge in [-0.05, 0) is 37.0 Å². The molecule has 2 heterocycles. The Morgan fingerprint density at radius 1 is 1.14 bits per heavy atom. The minimum atomic E-state index is -3.57. The van der Waals surface area contributed by atoms with Crippen LogP contribution in [0.25, 0.3) is 0 Å². The van der Waals surface area contributed by atoms with Crippen molar-refractivity contribution in [3.05, 3.63) is 0 Å². The highest BCUT2D eigenvalue weighted by atomic mass is 32.2. The zero-order valence-electron chi connectivity index (χ0n) is 16.8. The van der Waals surface area contributed by atoms with Crippen LogP contribution < -0.4 is 0 Å². The van der Waals surface area contributed by atoms with Gasteiger partial charge in [0.2, 0.25) is 10.0 Å². The van der Waals surface area contributed by atoms with E-state index in [9.17, 15) is 16.8 Å². The summed E-state index contributed by atoms with van der Waals surface area (Å²) in [7, 11) is -7.00. The largest absolute Gasteiger partial charge is 0.346 e. The van der Waals surface area contributed by atoms with Gasteiger partial charge in [-0.3, -0.25) is 4.18 Å². The SMILES string of the molecule is CC1(C)[C@H]2CC[C@]1(CS(=O)(=O)N1CCCC1)[C@]1(C2)OC[C@H](COS(C)(=O)=O)O1. The molecule has 10 heteroatoms. The highest BCUT2D eigenvalue weighted by Gasteiger charge is 2.75. The van der Waals surface area contributed by atoms with Gasteiger partial charge in [-0.2, -0.15) is 8.42 Å². The van der Waals surface area contributed by atoms with Crippen molar-refractivity contribution >= 4 is 20.1 Å². The lowest BCUT2D eigenvalue weighted by molar-refractivity contribution is -0.244. The molecule has 0 amide bonds. The number of nitrogens with zero attached hydrogens (tertiary/aromatic N) is 1. The van der Waals surface area contributed by atoms with Gasteiger partial charge >= 0.3 is 0 Å². The van der Waals surface area contributed by atoms with E-state index in [1.165, 1.54) is 0 Å². The van der Waals surface area contributed by atoms with E-state index in [-0.39, 0.29) is 24.4 Å². The van der Waals surface area contributed by atoms with E-state index in [4.69, 9.17) is 13.7 Å². The molecule has 0 unspecified atom stereocenters. The standard InChI is InChI=1S/C18H31NO7S2/c1-16(2)14-6-7-17(16,13-28(22,23)19-8-4-5-9-19)18(10-14)24-11-15(26-18)12-25-27(3,20)21/h14-15H,4-13H2,1-3H3/t14-,15+,17+,18+/m0/s1. The fourth-order valence-electron chi connectivity index (χ4n) is 5.99. The number of hydrogen-bond acceptors (Lipinski definition) is 7. The molecule has 8 nitrogen and oxygen atoms in total. The zero-order chi connectivity index (χ0) is 20.4. The third-order valence-corrected chi connectivity index (χ3v) is 10.2. The van der Waals surface area contributed by atoms with E-state index >= 15 is 0 Å². The molecule has 162 valence electrons. The Kier molecular flexibility index (Phi) is 4.96. The monoisotopic (exact) mass is 437 g/mol. The molecule has 2 bridgehead atoms. The van der Waals surface area contributed by atoms with Crippen molar-refractivity contribution < 1.29 is 30.5 Å². The summed E-state index contributed by atoms with van der Waals surface area (Å²) in [6.07, 6.45) is 4.63. The second-order valence-corrected chi connectivity index (χ2v) is 13.0. The van der Waals surface area contributed by atoms with Crippen LogP contribution in [0.1, 0.15) is 46.0 Å². The van der Waals surface area contributed by atoms with Crippen LogP contribution in [0.4, 0.5) is 0 Å². The van der Waals surface area contributed by atoms with Crippen LogP contribution in [-0.4, -0.2) is 71.3 Å². The fourth-order valence-corrected chi connectivity index (χ4v) is 8.75. The van der Waals surface area contributed by atoms with Gasteiger partial charge in [-0.25, -0.2) is 12.7 Å². The molecule has 4 fully saturated rings. The molecule has 4 rings (SSSR count). The Morgan fingerprint density at radius 3 is 2.43 bits per heavy atom. The minimum Gasteiger partial charge on any atom is -0.346 e.